The molecule has 1 aliphatic rings. The van der Waals surface area contributed by atoms with Gasteiger partial charge in [0.25, 0.3) is 0 Å². The number of sulfone groups is 1. The number of alkyl halides is 5. The van der Waals surface area contributed by atoms with Crippen molar-refractivity contribution in [3.63, 3.8) is 0 Å². The average molecular weight is 525 g/mol. The number of aromatic amines is 1. The molecule has 4 aromatic rings. The molecule has 4 aromatic heterocycles. The molecule has 0 saturated heterocycles. The SMILES string of the molecule is CCS(=O)(=O)c1cc(-c2cnnc(C3CC3)c2)cnc1-c1nc2nnc(C(F)(F)C(F)(F)F)cc2[nH]1. The van der Waals surface area contributed by atoms with E-state index in [0.29, 0.717) is 23.1 Å². The van der Waals surface area contributed by atoms with Gasteiger partial charge in [-0.05, 0) is 31.0 Å². The maximum atomic E-state index is 13.7. The van der Waals surface area contributed by atoms with Crippen molar-refractivity contribution in [2.75, 3.05) is 5.75 Å². The van der Waals surface area contributed by atoms with Gasteiger partial charge in [0, 0.05) is 23.2 Å². The van der Waals surface area contributed by atoms with Crippen LogP contribution in [0.2, 0.25) is 0 Å². The van der Waals surface area contributed by atoms with Crippen LogP contribution in [0.5, 0.6) is 0 Å². The van der Waals surface area contributed by atoms with Gasteiger partial charge >= 0.3 is 12.1 Å². The first-order chi connectivity index (χ1) is 16.9. The second-order valence-corrected chi connectivity index (χ2v) is 10.5. The van der Waals surface area contributed by atoms with Gasteiger partial charge in [0.05, 0.1) is 28.1 Å². The Bertz CT molecular complexity index is 1580. The fraction of sp³-hybridized carbons (Fsp3) is 0.333. The summed E-state index contributed by atoms with van der Waals surface area (Å²) in [5, 5.41) is 14.4. The van der Waals surface area contributed by atoms with E-state index in [4.69, 9.17) is 0 Å². The van der Waals surface area contributed by atoms with Crippen LogP contribution in [0.4, 0.5) is 22.0 Å². The van der Waals surface area contributed by atoms with Gasteiger partial charge < -0.3 is 4.98 Å². The predicted molar refractivity (Wildman–Crippen MR) is 116 cm³/mol. The molecule has 0 atom stereocenters. The monoisotopic (exact) mass is 525 g/mol. The Kier molecular flexibility index (Phi) is 5.50. The molecule has 0 radical (unpaired) electrons. The molecule has 188 valence electrons. The second-order valence-electron chi connectivity index (χ2n) is 8.24. The lowest BCUT2D eigenvalue weighted by atomic mass is 10.1. The first-order valence-electron chi connectivity index (χ1n) is 10.7. The van der Waals surface area contributed by atoms with E-state index in [0.717, 1.165) is 18.5 Å². The third-order valence-corrected chi connectivity index (χ3v) is 7.46. The number of halogens is 5. The lowest BCUT2D eigenvalue weighted by Crippen LogP contribution is -2.34. The molecule has 4 heterocycles. The predicted octanol–water partition coefficient (Wildman–Crippen LogP) is 4.20. The van der Waals surface area contributed by atoms with Crippen molar-refractivity contribution in [1.82, 2.24) is 35.3 Å². The minimum Gasteiger partial charge on any atom is -0.335 e. The molecule has 1 aliphatic carbocycles. The maximum absolute atomic E-state index is 13.7. The highest BCUT2D eigenvalue weighted by molar-refractivity contribution is 7.91. The van der Waals surface area contributed by atoms with Gasteiger partial charge in [-0.2, -0.15) is 32.1 Å². The topological polar surface area (TPSA) is 127 Å². The van der Waals surface area contributed by atoms with Crippen LogP contribution >= 0.6 is 0 Å². The zero-order valence-corrected chi connectivity index (χ0v) is 19.2. The second kappa shape index (κ2) is 8.21. The molecule has 1 fully saturated rings. The van der Waals surface area contributed by atoms with Gasteiger partial charge in [0.2, 0.25) is 0 Å². The summed E-state index contributed by atoms with van der Waals surface area (Å²) < 4.78 is 91.5. The van der Waals surface area contributed by atoms with E-state index >= 15 is 0 Å². The molecular formula is C21H16F5N7O2S. The molecule has 0 unspecified atom stereocenters. The van der Waals surface area contributed by atoms with Crippen LogP contribution in [-0.4, -0.2) is 55.7 Å². The average Bonchev–Trinajstić information content (AvgIpc) is 3.61. The minimum absolute atomic E-state index is 0.146. The van der Waals surface area contributed by atoms with E-state index in [1.807, 2.05) is 6.07 Å². The number of aromatic nitrogens is 7. The van der Waals surface area contributed by atoms with Gasteiger partial charge in [-0.15, -0.1) is 10.2 Å². The van der Waals surface area contributed by atoms with Crippen LogP contribution in [0.25, 0.3) is 33.8 Å². The summed E-state index contributed by atoms with van der Waals surface area (Å²) in [6, 6.07) is 3.66. The van der Waals surface area contributed by atoms with Gasteiger partial charge in [0.15, 0.2) is 21.3 Å². The molecule has 0 aliphatic heterocycles. The van der Waals surface area contributed by atoms with Crippen LogP contribution in [-0.2, 0) is 15.8 Å². The Hall–Kier alpha value is -3.62. The van der Waals surface area contributed by atoms with Crippen LogP contribution < -0.4 is 0 Å². The molecule has 5 rings (SSSR count). The van der Waals surface area contributed by atoms with Crippen LogP contribution in [0.15, 0.2) is 35.5 Å². The van der Waals surface area contributed by atoms with E-state index in [9.17, 15) is 30.4 Å². The van der Waals surface area contributed by atoms with Crippen molar-refractivity contribution in [2.45, 2.75) is 42.7 Å². The molecule has 9 nitrogen and oxygen atoms in total. The van der Waals surface area contributed by atoms with Crippen molar-refractivity contribution in [1.29, 1.82) is 0 Å². The Morgan fingerprint density at radius 2 is 1.72 bits per heavy atom. The van der Waals surface area contributed by atoms with E-state index in [-0.39, 0.29) is 33.3 Å². The summed E-state index contributed by atoms with van der Waals surface area (Å²) in [5.41, 5.74) is -0.509. The van der Waals surface area contributed by atoms with Gasteiger partial charge in [-0.3, -0.25) is 4.98 Å². The summed E-state index contributed by atoms with van der Waals surface area (Å²) in [6.07, 6.45) is -1.02. The fourth-order valence-electron chi connectivity index (χ4n) is 3.52. The van der Waals surface area contributed by atoms with Gasteiger partial charge in [-0.1, -0.05) is 6.92 Å². The highest BCUT2D eigenvalue weighted by Crippen LogP contribution is 2.43. The standard InChI is InChI=1S/C21H16F5N7O2S/c1-2-36(34,35)15-6-12(11-5-13(10-3-4-10)31-28-9-11)8-27-17(15)19-29-14-7-16(32-33-18(14)30-19)20(22,23)21(24,25)26/h5-10H,2-4H2,1H3,(H,29,30,33). The Morgan fingerprint density at radius 1 is 1.00 bits per heavy atom. The summed E-state index contributed by atoms with van der Waals surface area (Å²) in [5.74, 6) is -5.39. The highest BCUT2D eigenvalue weighted by Gasteiger charge is 2.60. The summed E-state index contributed by atoms with van der Waals surface area (Å²) in [7, 11) is -3.87. The number of hydrogen-bond donors (Lipinski definition) is 1. The number of imidazole rings is 1. The number of H-pyrrole nitrogens is 1. The van der Waals surface area contributed by atoms with Crippen molar-refractivity contribution in [2.24, 2.45) is 0 Å². The number of nitrogens with one attached hydrogen (secondary N) is 1. The van der Waals surface area contributed by atoms with E-state index < -0.39 is 27.6 Å². The van der Waals surface area contributed by atoms with Crippen molar-refractivity contribution in [3.05, 3.63) is 42.0 Å². The Morgan fingerprint density at radius 3 is 2.39 bits per heavy atom. The summed E-state index contributed by atoms with van der Waals surface area (Å²) in [4.78, 5) is 10.6. The van der Waals surface area contributed by atoms with E-state index in [2.05, 4.69) is 35.3 Å². The van der Waals surface area contributed by atoms with Crippen molar-refractivity contribution in [3.8, 4) is 22.6 Å². The normalized spacial score (nSPS) is 14.9. The first-order valence-corrected chi connectivity index (χ1v) is 12.3. The van der Waals surface area contributed by atoms with Crippen molar-refractivity contribution < 1.29 is 30.4 Å². The maximum Gasteiger partial charge on any atom is 0.459 e. The van der Waals surface area contributed by atoms with Gasteiger partial charge in [0.1, 0.15) is 11.4 Å². The molecule has 36 heavy (non-hydrogen) atoms. The molecule has 0 amide bonds. The third-order valence-electron chi connectivity index (χ3n) is 5.72. The fourth-order valence-corrected chi connectivity index (χ4v) is 4.59. The van der Waals surface area contributed by atoms with Crippen molar-refractivity contribution >= 4 is 21.0 Å². The third kappa shape index (κ3) is 4.16. The van der Waals surface area contributed by atoms with E-state index in [1.165, 1.54) is 25.4 Å². The van der Waals surface area contributed by atoms with Crippen LogP contribution in [0.1, 0.15) is 37.1 Å². The number of fused-ring (bicyclic) bond motifs is 1. The van der Waals surface area contributed by atoms with Gasteiger partial charge in [-0.25, -0.2) is 13.4 Å². The number of hydrogen-bond acceptors (Lipinski definition) is 8. The molecule has 15 heteroatoms. The van der Waals surface area contributed by atoms with E-state index in [1.54, 1.807) is 0 Å². The molecule has 1 saturated carbocycles. The minimum atomic E-state index is -5.88. The van der Waals surface area contributed by atoms with Crippen LogP contribution in [0.3, 0.4) is 0 Å². The molecule has 0 spiro atoms. The summed E-state index contributed by atoms with van der Waals surface area (Å²) >= 11 is 0. The zero-order chi connectivity index (χ0) is 25.9. The highest BCUT2D eigenvalue weighted by atomic mass is 32.2. The zero-order valence-electron chi connectivity index (χ0n) is 18.4. The Balaban J connectivity index is 1.61. The molecule has 1 N–H and O–H groups in total. The molecular weight excluding hydrogens is 509 g/mol. The lowest BCUT2D eigenvalue weighted by molar-refractivity contribution is -0.291. The quantitative estimate of drug-likeness (QED) is 0.371. The Labute approximate surface area is 200 Å². The number of nitrogens with zero attached hydrogens (tertiary/aromatic N) is 6. The number of pyridine rings is 1. The summed E-state index contributed by atoms with van der Waals surface area (Å²) in [6.45, 7) is 1.43. The first kappa shape index (κ1) is 24.1. The van der Waals surface area contributed by atoms with Crippen LogP contribution in [0, 0.1) is 0 Å². The molecule has 0 bridgehead atoms. The lowest BCUT2D eigenvalue weighted by Gasteiger charge is -2.17. The molecule has 0 aromatic carbocycles. The smallest absolute Gasteiger partial charge is 0.335 e. The largest absolute Gasteiger partial charge is 0.459 e. The number of rotatable bonds is 6.